The van der Waals surface area contributed by atoms with Gasteiger partial charge in [0, 0.05) is 5.41 Å². The number of rotatable bonds is 2. The Morgan fingerprint density at radius 1 is 1.22 bits per heavy atom. The van der Waals surface area contributed by atoms with E-state index in [0.717, 1.165) is 38.7 Å². The second-order valence-electron chi connectivity index (χ2n) is 9.75. The molecular weight excluding hydrogens is 340 g/mol. The molecule has 2 aliphatic carbocycles. The number of carbonyl (C=O) groups excluding carboxylic acids is 1. The smallest absolute Gasteiger partial charge is 0.342 e. The van der Waals surface area contributed by atoms with Crippen molar-refractivity contribution < 1.29 is 19.0 Å². The summed E-state index contributed by atoms with van der Waals surface area (Å²) in [5.74, 6) is 0.165. The molecule has 4 heteroatoms. The minimum absolute atomic E-state index is 0.0286. The summed E-state index contributed by atoms with van der Waals surface area (Å²) in [6.07, 6.45) is 10.7. The largest absolute Gasteiger partial charge is 0.431 e. The molecule has 0 spiro atoms. The number of ether oxygens (including phenoxy) is 3. The van der Waals surface area contributed by atoms with Gasteiger partial charge in [0.1, 0.15) is 0 Å². The lowest BCUT2D eigenvalue weighted by molar-refractivity contribution is -0.344. The first-order chi connectivity index (χ1) is 12.7. The molecule has 0 N–H and O–H groups in total. The minimum atomic E-state index is -0.491. The van der Waals surface area contributed by atoms with Crippen molar-refractivity contribution in [3.8, 4) is 0 Å². The number of cyclic esters (lactones) is 1. The lowest BCUT2D eigenvalue weighted by atomic mass is 9.46. The summed E-state index contributed by atoms with van der Waals surface area (Å²) in [6.45, 7) is 14.0. The predicted molar refractivity (Wildman–Crippen MR) is 104 cm³/mol. The SMILES string of the molecule is C=C1CCC2[C@]3(C)COC(C)(C)O[C@@H]3CC[C@@]2(C)[C@@H]1C/C=C1\C=COC1=O. The molecule has 0 aromatic rings. The predicted octanol–water partition coefficient (Wildman–Crippen LogP) is 4.91. The molecule has 0 aromatic carbocycles. The zero-order chi connectivity index (χ0) is 19.4. The molecule has 3 fully saturated rings. The standard InChI is InChI=1S/C23H32O4/c1-15-6-9-18-22(4,17(15)8-7-16-11-13-25-20(16)24)12-10-19-23(18,5)14-26-21(2,3)27-19/h7,11,13,17-19H,1,6,8-10,12,14H2,2-5H3/b16-7+/t17-,18?,19-,22+,23+/m1/s1. The maximum absolute atomic E-state index is 11.8. The summed E-state index contributed by atoms with van der Waals surface area (Å²) in [5.41, 5.74) is 2.17. The highest BCUT2D eigenvalue weighted by atomic mass is 16.7. The van der Waals surface area contributed by atoms with Crippen molar-refractivity contribution in [2.45, 2.75) is 71.7 Å². The highest BCUT2D eigenvalue weighted by molar-refractivity contribution is 5.94. The van der Waals surface area contributed by atoms with Crippen LogP contribution in [0.5, 0.6) is 0 Å². The van der Waals surface area contributed by atoms with Crippen LogP contribution in [-0.2, 0) is 19.0 Å². The van der Waals surface area contributed by atoms with Crippen molar-refractivity contribution >= 4 is 5.97 Å². The van der Waals surface area contributed by atoms with Gasteiger partial charge < -0.3 is 14.2 Å². The number of hydrogen-bond donors (Lipinski definition) is 0. The molecule has 4 aliphatic rings. The third kappa shape index (κ3) is 3.01. The molecule has 0 bridgehead atoms. The van der Waals surface area contributed by atoms with Crippen molar-refractivity contribution in [2.75, 3.05) is 6.61 Å². The molecule has 4 nitrogen and oxygen atoms in total. The topological polar surface area (TPSA) is 44.8 Å². The van der Waals surface area contributed by atoms with Gasteiger partial charge in [0.05, 0.1) is 24.5 Å². The van der Waals surface area contributed by atoms with E-state index in [2.05, 4.69) is 20.4 Å². The zero-order valence-electron chi connectivity index (χ0n) is 17.0. The Labute approximate surface area is 162 Å². The van der Waals surface area contributed by atoms with Crippen LogP contribution in [-0.4, -0.2) is 24.5 Å². The van der Waals surface area contributed by atoms with E-state index in [-0.39, 0.29) is 22.9 Å². The van der Waals surface area contributed by atoms with Crippen LogP contribution < -0.4 is 0 Å². The number of carbonyl (C=O) groups is 1. The van der Waals surface area contributed by atoms with Crippen LogP contribution in [0, 0.1) is 22.7 Å². The minimum Gasteiger partial charge on any atom is -0.431 e. The van der Waals surface area contributed by atoms with Gasteiger partial charge in [0.2, 0.25) is 0 Å². The molecule has 1 unspecified atom stereocenters. The van der Waals surface area contributed by atoms with Crippen molar-refractivity contribution in [3.63, 3.8) is 0 Å². The van der Waals surface area contributed by atoms with E-state index in [1.54, 1.807) is 6.08 Å². The van der Waals surface area contributed by atoms with Gasteiger partial charge >= 0.3 is 5.97 Å². The van der Waals surface area contributed by atoms with Gasteiger partial charge in [-0.15, -0.1) is 0 Å². The number of esters is 1. The average Bonchev–Trinajstić information content (AvgIpc) is 3.00. The van der Waals surface area contributed by atoms with Crippen LogP contribution in [0.1, 0.15) is 59.8 Å². The van der Waals surface area contributed by atoms with Gasteiger partial charge in [0.25, 0.3) is 0 Å². The van der Waals surface area contributed by atoms with Crippen molar-refractivity contribution in [1.82, 2.24) is 0 Å². The Balaban J connectivity index is 1.61. The molecule has 0 aromatic heterocycles. The van der Waals surface area contributed by atoms with Crippen molar-refractivity contribution in [3.05, 3.63) is 36.1 Å². The van der Waals surface area contributed by atoms with E-state index >= 15 is 0 Å². The molecule has 27 heavy (non-hydrogen) atoms. The maximum Gasteiger partial charge on any atom is 0.342 e. The van der Waals surface area contributed by atoms with Gasteiger partial charge in [-0.1, -0.05) is 32.1 Å². The summed E-state index contributed by atoms with van der Waals surface area (Å²) in [6, 6.07) is 0. The second kappa shape index (κ2) is 6.31. The van der Waals surface area contributed by atoms with Gasteiger partial charge in [-0.05, 0) is 69.3 Å². The second-order valence-corrected chi connectivity index (χ2v) is 9.75. The molecule has 2 saturated carbocycles. The van der Waals surface area contributed by atoms with Crippen molar-refractivity contribution in [2.24, 2.45) is 22.7 Å². The van der Waals surface area contributed by atoms with Gasteiger partial charge in [0.15, 0.2) is 5.79 Å². The van der Waals surface area contributed by atoms with Gasteiger partial charge in [-0.25, -0.2) is 4.79 Å². The molecule has 0 amide bonds. The molecule has 0 radical (unpaired) electrons. The molecule has 2 aliphatic heterocycles. The van der Waals surface area contributed by atoms with Crippen LogP contribution in [0.25, 0.3) is 0 Å². The van der Waals surface area contributed by atoms with Gasteiger partial charge in [-0.3, -0.25) is 0 Å². The fourth-order valence-electron chi connectivity index (χ4n) is 6.20. The normalized spacial score (nSPS) is 44.7. The van der Waals surface area contributed by atoms with E-state index in [1.165, 1.54) is 11.8 Å². The van der Waals surface area contributed by atoms with Crippen LogP contribution in [0.4, 0.5) is 0 Å². The first-order valence-corrected chi connectivity index (χ1v) is 10.2. The highest BCUT2D eigenvalue weighted by Crippen LogP contribution is 2.63. The molecule has 1 saturated heterocycles. The number of allylic oxidation sites excluding steroid dienone is 2. The van der Waals surface area contributed by atoms with E-state index in [1.807, 2.05) is 19.9 Å². The molecule has 4 rings (SSSR count). The molecular formula is C23H32O4. The summed E-state index contributed by atoms with van der Waals surface area (Å²) in [4.78, 5) is 11.8. The fourth-order valence-corrected chi connectivity index (χ4v) is 6.20. The van der Waals surface area contributed by atoms with Crippen LogP contribution in [0.2, 0.25) is 0 Å². The van der Waals surface area contributed by atoms with Gasteiger partial charge in [-0.2, -0.15) is 0 Å². The number of fused-ring (bicyclic) bond motifs is 3. The molecule has 148 valence electrons. The zero-order valence-corrected chi connectivity index (χ0v) is 17.0. The Morgan fingerprint density at radius 2 is 2.00 bits per heavy atom. The summed E-state index contributed by atoms with van der Waals surface area (Å²) in [7, 11) is 0. The fraction of sp³-hybridized carbons (Fsp3) is 0.696. The number of hydrogen-bond acceptors (Lipinski definition) is 4. The summed E-state index contributed by atoms with van der Waals surface area (Å²) >= 11 is 0. The summed E-state index contributed by atoms with van der Waals surface area (Å²) in [5, 5.41) is 0. The van der Waals surface area contributed by atoms with E-state index < -0.39 is 5.79 Å². The van der Waals surface area contributed by atoms with E-state index in [9.17, 15) is 4.79 Å². The highest BCUT2D eigenvalue weighted by Gasteiger charge is 2.60. The first-order valence-electron chi connectivity index (χ1n) is 10.2. The first kappa shape index (κ1) is 18.9. The summed E-state index contributed by atoms with van der Waals surface area (Å²) < 4.78 is 17.4. The monoisotopic (exact) mass is 372 g/mol. The third-order valence-electron chi connectivity index (χ3n) is 7.70. The maximum atomic E-state index is 11.8. The van der Waals surface area contributed by atoms with E-state index in [4.69, 9.17) is 14.2 Å². The lowest BCUT2D eigenvalue weighted by Gasteiger charge is -2.63. The quantitative estimate of drug-likeness (QED) is 0.392. The van der Waals surface area contributed by atoms with E-state index in [0.29, 0.717) is 17.4 Å². The Hall–Kier alpha value is -1.39. The lowest BCUT2D eigenvalue weighted by Crippen LogP contribution is -2.62. The van der Waals surface area contributed by atoms with Crippen LogP contribution in [0.3, 0.4) is 0 Å². The van der Waals surface area contributed by atoms with Crippen LogP contribution >= 0.6 is 0 Å². The average molecular weight is 373 g/mol. The third-order valence-corrected chi connectivity index (χ3v) is 7.70. The van der Waals surface area contributed by atoms with Crippen LogP contribution in [0.15, 0.2) is 36.1 Å². The molecule has 2 heterocycles. The Bertz CT molecular complexity index is 718. The molecule has 5 atom stereocenters. The Morgan fingerprint density at radius 3 is 2.70 bits per heavy atom. The van der Waals surface area contributed by atoms with Crippen molar-refractivity contribution in [1.29, 1.82) is 0 Å². The Kier molecular flexibility index (Phi) is 4.43.